The largest absolute Gasteiger partial charge is 0.478 e. The zero-order chi connectivity index (χ0) is 13.0. The molecule has 0 aliphatic carbocycles. The lowest BCUT2D eigenvalue weighted by Gasteiger charge is -2.19. The normalized spacial score (nSPS) is 13.7. The number of aromatic carboxylic acids is 1. The van der Waals surface area contributed by atoms with Gasteiger partial charge in [-0.3, -0.25) is 0 Å². The standard InChI is InChI=1S/C15H21NO2/c1-2-3-4-5-9-16-10-8-12-6-7-13(15(17)18)11-14(12)16/h6-7,11H,2-5,8-10H2,1H3,(H,17,18). The van der Waals surface area contributed by atoms with Gasteiger partial charge in [0.05, 0.1) is 5.56 Å². The Balaban J connectivity index is 2.02. The second-order valence-electron chi connectivity index (χ2n) is 4.95. The van der Waals surface area contributed by atoms with Gasteiger partial charge in [0.25, 0.3) is 0 Å². The van der Waals surface area contributed by atoms with Crippen LogP contribution in [0.5, 0.6) is 0 Å². The lowest BCUT2D eigenvalue weighted by Crippen LogP contribution is -2.21. The lowest BCUT2D eigenvalue weighted by molar-refractivity contribution is 0.0697. The summed E-state index contributed by atoms with van der Waals surface area (Å²) < 4.78 is 0. The molecule has 0 fully saturated rings. The SMILES string of the molecule is CCCCCCN1CCc2ccc(C(=O)O)cc21. The minimum atomic E-state index is -0.837. The third-order valence-corrected chi connectivity index (χ3v) is 3.61. The number of unbranched alkanes of at least 4 members (excludes halogenated alkanes) is 3. The number of nitrogens with zero attached hydrogens (tertiary/aromatic N) is 1. The molecule has 1 aromatic carbocycles. The van der Waals surface area contributed by atoms with Crippen LogP contribution in [-0.4, -0.2) is 24.2 Å². The molecular formula is C15H21NO2. The van der Waals surface area contributed by atoms with E-state index in [1.165, 1.54) is 31.2 Å². The third-order valence-electron chi connectivity index (χ3n) is 3.61. The number of hydrogen-bond acceptors (Lipinski definition) is 2. The van der Waals surface area contributed by atoms with Crippen LogP contribution in [0.1, 0.15) is 48.5 Å². The van der Waals surface area contributed by atoms with Gasteiger partial charge in [-0.25, -0.2) is 4.79 Å². The number of rotatable bonds is 6. The molecule has 1 aromatic rings. The maximum atomic E-state index is 11.0. The van der Waals surface area contributed by atoms with Crippen molar-refractivity contribution in [1.82, 2.24) is 0 Å². The van der Waals surface area contributed by atoms with Gasteiger partial charge in [-0.15, -0.1) is 0 Å². The van der Waals surface area contributed by atoms with Gasteiger partial charge in [-0.05, 0) is 30.5 Å². The molecular weight excluding hydrogens is 226 g/mol. The van der Waals surface area contributed by atoms with Crippen LogP contribution in [0.25, 0.3) is 0 Å². The van der Waals surface area contributed by atoms with Crippen LogP contribution < -0.4 is 4.90 Å². The van der Waals surface area contributed by atoms with Gasteiger partial charge in [-0.1, -0.05) is 32.3 Å². The highest BCUT2D eigenvalue weighted by Crippen LogP contribution is 2.29. The van der Waals surface area contributed by atoms with Crippen LogP contribution >= 0.6 is 0 Å². The van der Waals surface area contributed by atoms with E-state index in [1.807, 2.05) is 12.1 Å². The summed E-state index contributed by atoms with van der Waals surface area (Å²) in [6.45, 7) is 4.30. The molecule has 0 atom stereocenters. The van der Waals surface area contributed by atoms with Crippen molar-refractivity contribution in [3.05, 3.63) is 29.3 Å². The quantitative estimate of drug-likeness (QED) is 0.784. The average molecular weight is 247 g/mol. The topological polar surface area (TPSA) is 40.5 Å². The Labute approximate surface area is 108 Å². The first-order chi connectivity index (χ1) is 8.72. The zero-order valence-corrected chi connectivity index (χ0v) is 11.0. The van der Waals surface area contributed by atoms with Crippen LogP contribution in [0, 0.1) is 0 Å². The summed E-state index contributed by atoms with van der Waals surface area (Å²) in [5, 5.41) is 9.03. The molecule has 0 spiro atoms. The molecule has 1 aliphatic rings. The first-order valence-corrected chi connectivity index (χ1v) is 6.83. The molecule has 2 rings (SSSR count). The highest BCUT2D eigenvalue weighted by molar-refractivity contribution is 5.89. The first-order valence-electron chi connectivity index (χ1n) is 6.83. The van der Waals surface area contributed by atoms with E-state index >= 15 is 0 Å². The average Bonchev–Trinajstić information content (AvgIpc) is 2.77. The number of carboxylic acid groups (broad SMARTS) is 1. The maximum Gasteiger partial charge on any atom is 0.335 e. The monoisotopic (exact) mass is 247 g/mol. The maximum absolute atomic E-state index is 11.0. The summed E-state index contributed by atoms with van der Waals surface area (Å²) >= 11 is 0. The molecule has 1 N–H and O–H groups in total. The Morgan fingerprint density at radius 3 is 2.89 bits per heavy atom. The fraction of sp³-hybridized carbons (Fsp3) is 0.533. The molecule has 0 amide bonds. The predicted molar refractivity (Wildman–Crippen MR) is 73.5 cm³/mol. The molecule has 98 valence electrons. The fourth-order valence-corrected chi connectivity index (χ4v) is 2.54. The Kier molecular flexibility index (Phi) is 4.24. The lowest BCUT2D eigenvalue weighted by atomic mass is 10.1. The van der Waals surface area contributed by atoms with Crippen molar-refractivity contribution < 1.29 is 9.90 Å². The zero-order valence-electron chi connectivity index (χ0n) is 11.0. The Bertz CT molecular complexity index is 429. The smallest absolute Gasteiger partial charge is 0.335 e. The molecule has 1 aliphatic heterocycles. The van der Waals surface area contributed by atoms with Crippen molar-refractivity contribution in [3.63, 3.8) is 0 Å². The minimum absolute atomic E-state index is 0.397. The molecule has 18 heavy (non-hydrogen) atoms. The second kappa shape index (κ2) is 5.89. The van der Waals surface area contributed by atoms with E-state index in [0.29, 0.717) is 5.56 Å². The summed E-state index contributed by atoms with van der Waals surface area (Å²) in [7, 11) is 0. The van der Waals surface area contributed by atoms with E-state index in [1.54, 1.807) is 6.07 Å². The van der Waals surface area contributed by atoms with Crippen LogP contribution in [-0.2, 0) is 6.42 Å². The minimum Gasteiger partial charge on any atom is -0.478 e. The summed E-state index contributed by atoms with van der Waals surface area (Å²) in [5.74, 6) is -0.837. The Morgan fingerprint density at radius 1 is 1.33 bits per heavy atom. The summed E-state index contributed by atoms with van der Waals surface area (Å²) in [6.07, 6.45) is 6.05. The van der Waals surface area contributed by atoms with Gasteiger partial charge < -0.3 is 10.0 Å². The van der Waals surface area contributed by atoms with Crippen molar-refractivity contribution in [3.8, 4) is 0 Å². The van der Waals surface area contributed by atoms with E-state index in [2.05, 4.69) is 11.8 Å². The fourth-order valence-electron chi connectivity index (χ4n) is 2.54. The van der Waals surface area contributed by atoms with Crippen molar-refractivity contribution in [1.29, 1.82) is 0 Å². The van der Waals surface area contributed by atoms with Crippen LogP contribution in [0.4, 0.5) is 5.69 Å². The molecule has 1 heterocycles. The van der Waals surface area contributed by atoms with Crippen molar-refractivity contribution in [2.45, 2.75) is 39.0 Å². The van der Waals surface area contributed by atoms with Crippen LogP contribution in [0.3, 0.4) is 0 Å². The molecule has 0 radical (unpaired) electrons. The van der Waals surface area contributed by atoms with Gasteiger partial charge in [0.2, 0.25) is 0 Å². The Morgan fingerprint density at radius 2 is 2.17 bits per heavy atom. The number of benzene rings is 1. The molecule has 0 bridgehead atoms. The van der Waals surface area contributed by atoms with Crippen molar-refractivity contribution >= 4 is 11.7 Å². The van der Waals surface area contributed by atoms with E-state index < -0.39 is 5.97 Å². The highest BCUT2D eigenvalue weighted by atomic mass is 16.4. The number of carbonyl (C=O) groups is 1. The molecule has 0 unspecified atom stereocenters. The molecule has 3 heteroatoms. The molecule has 0 saturated heterocycles. The molecule has 0 aromatic heterocycles. The van der Waals surface area contributed by atoms with Gasteiger partial charge in [-0.2, -0.15) is 0 Å². The van der Waals surface area contributed by atoms with Gasteiger partial charge in [0.1, 0.15) is 0 Å². The summed E-state index contributed by atoms with van der Waals surface area (Å²) in [6, 6.07) is 5.50. The predicted octanol–water partition coefficient (Wildman–Crippen LogP) is 3.33. The van der Waals surface area contributed by atoms with Gasteiger partial charge >= 0.3 is 5.97 Å². The van der Waals surface area contributed by atoms with E-state index in [9.17, 15) is 4.79 Å². The first kappa shape index (κ1) is 12.9. The van der Waals surface area contributed by atoms with E-state index in [4.69, 9.17) is 5.11 Å². The van der Waals surface area contributed by atoms with Crippen LogP contribution in [0.2, 0.25) is 0 Å². The van der Waals surface area contributed by atoms with Crippen LogP contribution in [0.15, 0.2) is 18.2 Å². The number of hydrogen-bond donors (Lipinski definition) is 1. The number of anilines is 1. The second-order valence-corrected chi connectivity index (χ2v) is 4.95. The number of carboxylic acids is 1. The number of fused-ring (bicyclic) bond motifs is 1. The van der Waals surface area contributed by atoms with Crippen molar-refractivity contribution in [2.75, 3.05) is 18.0 Å². The highest BCUT2D eigenvalue weighted by Gasteiger charge is 2.19. The van der Waals surface area contributed by atoms with Gasteiger partial charge in [0.15, 0.2) is 0 Å². The Hall–Kier alpha value is -1.51. The molecule has 3 nitrogen and oxygen atoms in total. The van der Waals surface area contributed by atoms with Gasteiger partial charge in [0, 0.05) is 18.8 Å². The molecule has 0 saturated carbocycles. The van der Waals surface area contributed by atoms with Crippen molar-refractivity contribution in [2.24, 2.45) is 0 Å². The summed E-state index contributed by atoms with van der Waals surface area (Å²) in [4.78, 5) is 13.3. The van der Waals surface area contributed by atoms with E-state index in [-0.39, 0.29) is 0 Å². The summed E-state index contributed by atoms with van der Waals surface area (Å²) in [5.41, 5.74) is 2.82. The third kappa shape index (κ3) is 2.84. The van der Waals surface area contributed by atoms with E-state index in [0.717, 1.165) is 25.2 Å².